The number of halogens is 3. The Hall–Kier alpha value is -0.910. The van der Waals surface area contributed by atoms with Crippen LogP contribution in [0.3, 0.4) is 0 Å². The van der Waals surface area contributed by atoms with Crippen LogP contribution in [-0.4, -0.2) is 16.1 Å². The summed E-state index contributed by atoms with van der Waals surface area (Å²) in [6, 6.07) is 1.43. The van der Waals surface area contributed by atoms with Gasteiger partial charge in [-0.3, -0.25) is 0 Å². The van der Waals surface area contributed by atoms with E-state index in [-0.39, 0.29) is 10.5 Å². The summed E-state index contributed by atoms with van der Waals surface area (Å²) in [4.78, 5) is 5.83. The lowest BCUT2D eigenvalue weighted by Gasteiger charge is -2.04. The summed E-state index contributed by atoms with van der Waals surface area (Å²) in [5.41, 5.74) is 0. The highest BCUT2D eigenvalue weighted by Crippen LogP contribution is 2.18. The van der Waals surface area contributed by atoms with E-state index in [1.54, 1.807) is 0 Å². The molecule has 0 spiro atoms. The van der Waals surface area contributed by atoms with E-state index in [0.29, 0.717) is 0 Å². The van der Waals surface area contributed by atoms with E-state index in [0.717, 1.165) is 0 Å². The lowest BCUT2D eigenvalue weighted by Crippen LogP contribution is -2.13. The number of hydrogen-bond donors (Lipinski definition) is 1. The van der Waals surface area contributed by atoms with Gasteiger partial charge in [0.25, 0.3) is 0 Å². The molecule has 1 rings (SSSR count). The molecule has 0 aliphatic heterocycles. The molecule has 2 nitrogen and oxygen atoms in total. The summed E-state index contributed by atoms with van der Waals surface area (Å²) in [6.07, 6.45) is -4.07. The average molecular weight is 194 g/mol. The molecule has 0 amide bonds. The van der Waals surface area contributed by atoms with Crippen molar-refractivity contribution in [3.8, 4) is 0 Å². The summed E-state index contributed by atoms with van der Waals surface area (Å²) < 4.78 is 35.6. The molecule has 0 saturated heterocycles. The largest absolute Gasteiger partial charge is 0.396 e. The van der Waals surface area contributed by atoms with Crippen LogP contribution in [-0.2, 0) is 6.42 Å². The van der Waals surface area contributed by atoms with Gasteiger partial charge in [-0.1, -0.05) is 12.2 Å². The molecule has 0 bridgehead atoms. The summed E-state index contributed by atoms with van der Waals surface area (Å²) in [7, 11) is 0. The average Bonchev–Trinajstić information content (AvgIpc) is 1.82. The van der Waals surface area contributed by atoms with Gasteiger partial charge in [-0.05, 0) is 6.07 Å². The van der Waals surface area contributed by atoms with Gasteiger partial charge in [-0.2, -0.15) is 13.2 Å². The molecular weight excluding hydrogens is 189 g/mol. The summed E-state index contributed by atoms with van der Waals surface area (Å²) in [5.74, 6) is -0.157. The molecule has 0 saturated carbocycles. The fourth-order valence-electron chi connectivity index (χ4n) is 0.691. The Kier molecular flexibility index (Phi) is 2.46. The Balaban J connectivity index is 2.84. The zero-order chi connectivity index (χ0) is 9.19. The fraction of sp³-hybridized carbons (Fsp3) is 0.333. The van der Waals surface area contributed by atoms with Crippen LogP contribution >= 0.6 is 12.2 Å². The van der Waals surface area contributed by atoms with Crippen LogP contribution in [0.1, 0.15) is 5.82 Å². The quantitative estimate of drug-likeness (QED) is 0.694. The fourth-order valence-corrected chi connectivity index (χ4v) is 0.869. The minimum Gasteiger partial charge on any atom is -0.335 e. The number of H-pyrrole nitrogens is 1. The molecular formula is C6H5F3N2S. The Morgan fingerprint density at radius 3 is 2.67 bits per heavy atom. The molecule has 6 heteroatoms. The van der Waals surface area contributed by atoms with Crippen LogP contribution in [0.25, 0.3) is 0 Å². The SMILES string of the molecule is FC(F)(F)Cc1nccc(=S)[nH]1. The van der Waals surface area contributed by atoms with Gasteiger partial charge in [0, 0.05) is 6.20 Å². The molecule has 0 aliphatic rings. The summed E-state index contributed by atoms with van der Waals surface area (Å²) >= 11 is 4.63. The second kappa shape index (κ2) is 3.22. The maximum absolute atomic E-state index is 11.8. The highest BCUT2D eigenvalue weighted by atomic mass is 32.1. The van der Waals surface area contributed by atoms with Gasteiger partial charge in [0.2, 0.25) is 0 Å². The highest BCUT2D eigenvalue weighted by Gasteiger charge is 2.28. The first-order valence-electron chi connectivity index (χ1n) is 3.08. The van der Waals surface area contributed by atoms with Gasteiger partial charge in [-0.25, -0.2) is 4.98 Å². The number of hydrogen-bond acceptors (Lipinski definition) is 2. The van der Waals surface area contributed by atoms with Crippen LogP contribution in [0.5, 0.6) is 0 Å². The predicted octanol–water partition coefficient (Wildman–Crippen LogP) is 2.24. The van der Waals surface area contributed by atoms with Gasteiger partial charge in [0.15, 0.2) is 0 Å². The highest BCUT2D eigenvalue weighted by molar-refractivity contribution is 7.71. The lowest BCUT2D eigenvalue weighted by molar-refractivity contribution is -0.128. The van der Waals surface area contributed by atoms with Gasteiger partial charge in [-0.15, -0.1) is 0 Å². The number of aromatic nitrogens is 2. The number of rotatable bonds is 1. The maximum Gasteiger partial charge on any atom is 0.396 e. The van der Waals surface area contributed by atoms with Crippen LogP contribution in [0, 0.1) is 4.64 Å². The van der Waals surface area contributed by atoms with Crippen LogP contribution in [0.15, 0.2) is 12.3 Å². The molecule has 0 unspecified atom stereocenters. The van der Waals surface area contributed by atoms with Crippen molar-refractivity contribution in [3.63, 3.8) is 0 Å². The minimum absolute atomic E-state index is 0.157. The van der Waals surface area contributed by atoms with Crippen molar-refractivity contribution in [1.29, 1.82) is 0 Å². The van der Waals surface area contributed by atoms with Crippen molar-refractivity contribution >= 4 is 12.2 Å². The second-order valence-electron chi connectivity index (χ2n) is 2.17. The molecule has 0 fully saturated rings. The van der Waals surface area contributed by atoms with E-state index < -0.39 is 12.6 Å². The van der Waals surface area contributed by atoms with Crippen LogP contribution < -0.4 is 0 Å². The maximum atomic E-state index is 11.8. The molecule has 66 valence electrons. The van der Waals surface area contributed by atoms with E-state index in [1.807, 2.05) is 0 Å². The minimum atomic E-state index is -4.24. The third kappa shape index (κ3) is 3.00. The van der Waals surface area contributed by atoms with E-state index >= 15 is 0 Å². The number of aromatic amines is 1. The van der Waals surface area contributed by atoms with Crippen molar-refractivity contribution in [2.75, 3.05) is 0 Å². The first-order valence-corrected chi connectivity index (χ1v) is 3.49. The van der Waals surface area contributed by atoms with Crippen molar-refractivity contribution in [2.24, 2.45) is 0 Å². The van der Waals surface area contributed by atoms with E-state index in [9.17, 15) is 13.2 Å². The Morgan fingerprint density at radius 1 is 1.50 bits per heavy atom. The molecule has 0 aromatic carbocycles. The number of nitrogens with one attached hydrogen (secondary N) is 1. The first kappa shape index (κ1) is 9.18. The third-order valence-electron chi connectivity index (χ3n) is 1.09. The van der Waals surface area contributed by atoms with Crippen LogP contribution in [0.4, 0.5) is 13.2 Å². The summed E-state index contributed by atoms with van der Waals surface area (Å²) in [5, 5.41) is 0. The first-order chi connectivity index (χ1) is 5.47. The van der Waals surface area contributed by atoms with Crippen LogP contribution in [0.2, 0.25) is 0 Å². The third-order valence-corrected chi connectivity index (χ3v) is 1.33. The van der Waals surface area contributed by atoms with E-state index in [4.69, 9.17) is 0 Å². The normalized spacial score (nSPS) is 11.6. The van der Waals surface area contributed by atoms with Crippen molar-refractivity contribution < 1.29 is 13.2 Å². The van der Waals surface area contributed by atoms with Crippen molar-refractivity contribution in [3.05, 3.63) is 22.7 Å². The molecule has 0 atom stereocenters. The topological polar surface area (TPSA) is 28.7 Å². The Morgan fingerprint density at radius 2 is 2.17 bits per heavy atom. The lowest BCUT2D eigenvalue weighted by atomic mass is 10.4. The second-order valence-corrected chi connectivity index (χ2v) is 2.61. The molecule has 1 aromatic rings. The van der Waals surface area contributed by atoms with Gasteiger partial charge >= 0.3 is 6.18 Å². The van der Waals surface area contributed by atoms with Gasteiger partial charge in [0.1, 0.15) is 16.9 Å². The monoisotopic (exact) mass is 194 g/mol. The standard InChI is InChI=1S/C6H5F3N2S/c7-6(8,9)3-4-10-2-1-5(12)11-4/h1-2H,3H2,(H,10,11,12). The van der Waals surface area contributed by atoms with E-state index in [2.05, 4.69) is 22.2 Å². The van der Waals surface area contributed by atoms with Crippen molar-refractivity contribution in [1.82, 2.24) is 9.97 Å². The van der Waals surface area contributed by atoms with Crippen molar-refractivity contribution in [2.45, 2.75) is 12.6 Å². The Labute approximate surface area is 71.5 Å². The molecule has 1 heterocycles. The number of nitrogens with zero attached hydrogens (tertiary/aromatic N) is 1. The molecule has 0 aliphatic carbocycles. The molecule has 1 aromatic heterocycles. The zero-order valence-corrected chi connectivity index (χ0v) is 6.67. The zero-order valence-electron chi connectivity index (χ0n) is 5.85. The Bertz CT molecular complexity index is 317. The molecule has 12 heavy (non-hydrogen) atoms. The number of alkyl halides is 3. The molecule has 0 radical (unpaired) electrons. The van der Waals surface area contributed by atoms with Gasteiger partial charge in [0.05, 0.1) is 0 Å². The van der Waals surface area contributed by atoms with Gasteiger partial charge < -0.3 is 4.98 Å². The summed E-state index contributed by atoms with van der Waals surface area (Å²) in [6.45, 7) is 0. The smallest absolute Gasteiger partial charge is 0.335 e. The predicted molar refractivity (Wildman–Crippen MR) is 39.2 cm³/mol. The van der Waals surface area contributed by atoms with E-state index in [1.165, 1.54) is 12.3 Å². The molecule has 1 N–H and O–H groups in total.